The Morgan fingerprint density at radius 1 is 1.17 bits per heavy atom. The molecule has 2 aromatic carbocycles. The highest BCUT2D eigenvalue weighted by Gasteiger charge is 2.09. The molecule has 0 radical (unpaired) electrons. The van der Waals surface area contributed by atoms with E-state index in [0.29, 0.717) is 10.8 Å². The maximum atomic E-state index is 13.0. The van der Waals surface area contributed by atoms with Crippen LogP contribution in [0.4, 0.5) is 4.39 Å². The SMILES string of the molecule is Cc1cc(Cl)ccc1OCC(=O)NNC(=O)c1cccc(F)c1. The Morgan fingerprint density at radius 2 is 1.96 bits per heavy atom. The summed E-state index contributed by atoms with van der Waals surface area (Å²) in [5.74, 6) is -1.20. The summed E-state index contributed by atoms with van der Waals surface area (Å²) in [6, 6.07) is 10.1. The average molecular weight is 337 g/mol. The summed E-state index contributed by atoms with van der Waals surface area (Å²) in [7, 11) is 0. The molecule has 0 aliphatic carbocycles. The summed E-state index contributed by atoms with van der Waals surface area (Å²) in [4.78, 5) is 23.4. The van der Waals surface area contributed by atoms with E-state index in [4.69, 9.17) is 16.3 Å². The van der Waals surface area contributed by atoms with E-state index in [-0.39, 0.29) is 12.2 Å². The van der Waals surface area contributed by atoms with E-state index < -0.39 is 17.6 Å². The Morgan fingerprint density at radius 3 is 2.65 bits per heavy atom. The van der Waals surface area contributed by atoms with E-state index in [1.807, 2.05) is 0 Å². The predicted octanol–water partition coefficient (Wildman–Crippen LogP) is 2.63. The molecule has 0 aliphatic rings. The molecule has 0 heterocycles. The van der Waals surface area contributed by atoms with Crippen LogP contribution in [0.15, 0.2) is 42.5 Å². The van der Waals surface area contributed by atoms with Crippen LogP contribution in [0.3, 0.4) is 0 Å². The van der Waals surface area contributed by atoms with Gasteiger partial charge in [0.2, 0.25) is 0 Å². The van der Waals surface area contributed by atoms with E-state index >= 15 is 0 Å². The van der Waals surface area contributed by atoms with E-state index in [0.717, 1.165) is 11.6 Å². The molecule has 2 N–H and O–H groups in total. The summed E-state index contributed by atoms with van der Waals surface area (Å²) in [6.07, 6.45) is 0. The molecule has 2 aromatic rings. The molecule has 0 fully saturated rings. The number of hydrazine groups is 1. The summed E-state index contributed by atoms with van der Waals surface area (Å²) in [5.41, 5.74) is 5.25. The summed E-state index contributed by atoms with van der Waals surface area (Å²) >= 11 is 5.82. The molecule has 0 saturated heterocycles. The minimum absolute atomic E-state index is 0.0970. The molecule has 0 atom stereocenters. The highest BCUT2D eigenvalue weighted by atomic mass is 35.5. The molecule has 0 aromatic heterocycles. The van der Waals surface area contributed by atoms with Crippen LogP contribution in [-0.4, -0.2) is 18.4 Å². The lowest BCUT2D eigenvalue weighted by Gasteiger charge is -2.10. The zero-order chi connectivity index (χ0) is 16.8. The number of aryl methyl sites for hydroxylation is 1. The number of carbonyl (C=O) groups is 2. The van der Waals surface area contributed by atoms with Crippen molar-refractivity contribution >= 4 is 23.4 Å². The van der Waals surface area contributed by atoms with E-state index in [2.05, 4.69) is 10.9 Å². The highest BCUT2D eigenvalue weighted by Crippen LogP contribution is 2.21. The minimum atomic E-state index is -0.625. The molecule has 2 amide bonds. The van der Waals surface area contributed by atoms with Crippen LogP contribution in [0, 0.1) is 12.7 Å². The van der Waals surface area contributed by atoms with Crippen LogP contribution < -0.4 is 15.6 Å². The van der Waals surface area contributed by atoms with Gasteiger partial charge in [0.25, 0.3) is 11.8 Å². The molecule has 5 nitrogen and oxygen atoms in total. The van der Waals surface area contributed by atoms with Crippen LogP contribution in [0.25, 0.3) is 0 Å². The van der Waals surface area contributed by atoms with Gasteiger partial charge in [-0.2, -0.15) is 0 Å². The second-order valence-corrected chi connectivity index (χ2v) is 5.15. The van der Waals surface area contributed by atoms with Crippen molar-refractivity contribution in [2.24, 2.45) is 0 Å². The third-order valence-electron chi connectivity index (χ3n) is 2.90. The fourth-order valence-electron chi connectivity index (χ4n) is 1.78. The van der Waals surface area contributed by atoms with Crippen LogP contribution >= 0.6 is 11.6 Å². The molecular weight excluding hydrogens is 323 g/mol. The Bertz CT molecular complexity index is 737. The third-order valence-corrected chi connectivity index (χ3v) is 3.13. The minimum Gasteiger partial charge on any atom is -0.483 e. The first-order chi connectivity index (χ1) is 11.0. The smallest absolute Gasteiger partial charge is 0.276 e. The van der Waals surface area contributed by atoms with Gasteiger partial charge in [0.05, 0.1) is 0 Å². The fourth-order valence-corrected chi connectivity index (χ4v) is 2.01. The summed E-state index contributed by atoms with van der Waals surface area (Å²) < 4.78 is 18.3. The van der Waals surface area contributed by atoms with Crippen LogP contribution in [-0.2, 0) is 4.79 Å². The number of halogens is 2. The Kier molecular flexibility index (Phi) is 5.54. The molecule has 0 aliphatic heterocycles. The predicted molar refractivity (Wildman–Crippen MR) is 83.7 cm³/mol. The number of ether oxygens (including phenoxy) is 1. The molecule has 23 heavy (non-hydrogen) atoms. The number of benzene rings is 2. The molecule has 120 valence electrons. The number of carbonyl (C=O) groups excluding carboxylic acids is 2. The molecule has 2 rings (SSSR count). The van der Waals surface area contributed by atoms with Crippen molar-refractivity contribution in [3.8, 4) is 5.75 Å². The van der Waals surface area contributed by atoms with Gasteiger partial charge in [-0.3, -0.25) is 20.4 Å². The van der Waals surface area contributed by atoms with Gasteiger partial charge in [-0.05, 0) is 48.9 Å². The quantitative estimate of drug-likeness (QED) is 0.843. The Balaban J connectivity index is 1.82. The van der Waals surface area contributed by atoms with E-state index in [1.165, 1.54) is 18.2 Å². The Labute approximate surface area is 137 Å². The molecule has 0 unspecified atom stereocenters. The van der Waals surface area contributed by atoms with Gasteiger partial charge < -0.3 is 4.74 Å². The van der Waals surface area contributed by atoms with E-state index in [9.17, 15) is 14.0 Å². The zero-order valence-electron chi connectivity index (χ0n) is 12.2. The number of hydrogen-bond donors (Lipinski definition) is 2. The number of nitrogens with one attached hydrogen (secondary N) is 2. The Hall–Kier alpha value is -2.60. The second kappa shape index (κ2) is 7.60. The van der Waals surface area contributed by atoms with Crippen molar-refractivity contribution in [1.82, 2.24) is 10.9 Å². The van der Waals surface area contributed by atoms with Gasteiger partial charge in [0, 0.05) is 10.6 Å². The van der Waals surface area contributed by atoms with Crippen molar-refractivity contribution < 1.29 is 18.7 Å². The lowest BCUT2D eigenvalue weighted by atomic mass is 10.2. The summed E-state index contributed by atoms with van der Waals surface area (Å²) in [6.45, 7) is 1.51. The first-order valence-electron chi connectivity index (χ1n) is 6.69. The van der Waals surface area contributed by atoms with Crippen molar-refractivity contribution in [1.29, 1.82) is 0 Å². The number of rotatable bonds is 4. The normalized spacial score (nSPS) is 10.0. The zero-order valence-corrected chi connectivity index (χ0v) is 13.0. The standard InChI is InChI=1S/C16H14ClFN2O3/c1-10-7-12(17)5-6-14(10)23-9-15(21)19-20-16(22)11-3-2-4-13(18)8-11/h2-8H,9H2,1H3,(H,19,21)(H,20,22). The van der Waals surface area contributed by atoms with Gasteiger partial charge in [-0.15, -0.1) is 0 Å². The first kappa shape index (κ1) is 16.8. The number of hydrogen-bond acceptors (Lipinski definition) is 3. The van der Waals surface area contributed by atoms with Crippen molar-refractivity contribution in [2.75, 3.05) is 6.61 Å². The molecule has 7 heteroatoms. The first-order valence-corrected chi connectivity index (χ1v) is 7.07. The maximum absolute atomic E-state index is 13.0. The highest BCUT2D eigenvalue weighted by molar-refractivity contribution is 6.30. The van der Waals surface area contributed by atoms with Gasteiger partial charge in [0.15, 0.2) is 6.61 Å². The lowest BCUT2D eigenvalue weighted by Crippen LogP contribution is -2.43. The number of amides is 2. The van der Waals surface area contributed by atoms with Crippen molar-refractivity contribution in [3.63, 3.8) is 0 Å². The van der Waals surface area contributed by atoms with Crippen molar-refractivity contribution in [3.05, 3.63) is 64.4 Å². The molecule has 0 bridgehead atoms. The van der Waals surface area contributed by atoms with Gasteiger partial charge in [-0.25, -0.2) is 4.39 Å². The van der Waals surface area contributed by atoms with Crippen LogP contribution in [0.2, 0.25) is 5.02 Å². The topological polar surface area (TPSA) is 67.4 Å². The molecular formula is C16H14ClFN2O3. The fraction of sp³-hybridized carbons (Fsp3) is 0.125. The maximum Gasteiger partial charge on any atom is 0.276 e. The van der Waals surface area contributed by atoms with Gasteiger partial charge >= 0.3 is 0 Å². The molecule has 0 spiro atoms. The van der Waals surface area contributed by atoms with E-state index in [1.54, 1.807) is 25.1 Å². The van der Waals surface area contributed by atoms with Gasteiger partial charge in [-0.1, -0.05) is 17.7 Å². The second-order valence-electron chi connectivity index (χ2n) is 4.71. The third kappa shape index (κ3) is 4.96. The van der Waals surface area contributed by atoms with Gasteiger partial charge in [0.1, 0.15) is 11.6 Å². The van der Waals surface area contributed by atoms with Crippen LogP contribution in [0.1, 0.15) is 15.9 Å². The van der Waals surface area contributed by atoms with Crippen LogP contribution in [0.5, 0.6) is 5.75 Å². The molecule has 0 saturated carbocycles. The van der Waals surface area contributed by atoms with Crippen molar-refractivity contribution in [2.45, 2.75) is 6.92 Å². The summed E-state index contributed by atoms with van der Waals surface area (Å²) in [5, 5.41) is 0.571. The monoisotopic (exact) mass is 336 g/mol. The lowest BCUT2D eigenvalue weighted by molar-refractivity contribution is -0.123. The largest absolute Gasteiger partial charge is 0.483 e. The average Bonchev–Trinajstić information content (AvgIpc) is 2.51.